The van der Waals surface area contributed by atoms with Crippen molar-refractivity contribution in [2.75, 3.05) is 0 Å². The van der Waals surface area contributed by atoms with E-state index in [0.717, 1.165) is 0 Å². The first kappa shape index (κ1) is 13.1. The standard InChI is InChI=1S/C13H25NS/c1-4-5-6-7-8-9-10-13-14-11(2)12(3)15-13/h12-13H,4-10H2,1-3H3. The molecule has 0 N–H and O–H groups in total. The molecule has 15 heavy (non-hydrogen) atoms. The van der Waals surface area contributed by atoms with E-state index in [1.165, 1.54) is 50.7 Å². The van der Waals surface area contributed by atoms with Gasteiger partial charge in [0.1, 0.15) is 0 Å². The predicted octanol–water partition coefficient (Wildman–Crippen LogP) is 4.66. The topological polar surface area (TPSA) is 12.4 Å². The van der Waals surface area contributed by atoms with E-state index in [-0.39, 0.29) is 0 Å². The van der Waals surface area contributed by atoms with Crippen molar-refractivity contribution >= 4 is 17.5 Å². The molecule has 2 unspecified atom stereocenters. The summed E-state index contributed by atoms with van der Waals surface area (Å²) in [5.41, 5.74) is 1.34. The normalized spacial score (nSPS) is 25.7. The smallest absolute Gasteiger partial charge is 0.0957 e. The SMILES string of the molecule is CCCCCCCCC1N=C(C)C(C)S1. The zero-order valence-electron chi connectivity index (χ0n) is 10.5. The molecule has 0 aromatic carbocycles. The molecule has 0 amide bonds. The fraction of sp³-hybridized carbons (Fsp3) is 0.923. The quantitative estimate of drug-likeness (QED) is 0.576. The fourth-order valence-corrected chi connectivity index (χ4v) is 3.19. The van der Waals surface area contributed by atoms with Gasteiger partial charge in [0, 0.05) is 11.0 Å². The molecular formula is C13H25NS. The van der Waals surface area contributed by atoms with Crippen LogP contribution in [-0.2, 0) is 0 Å². The van der Waals surface area contributed by atoms with Crippen LogP contribution in [-0.4, -0.2) is 16.3 Å². The van der Waals surface area contributed by atoms with Crippen LogP contribution in [0.15, 0.2) is 4.99 Å². The molecule has 0 aromatic rings. The van der Waals surface area contributed by atoms with Crippen molar-refractivity contribution in [2.45, 2.75) is 76.3 Å². The lowest BCUT2D eigenvalue weighted by Crippen LogP contribution is -2.02. The molecule has 0 spiro atoms. The van der Waals surface area contributed by atoms with Gasteiger partial charge in [-0.15, -0.1) is 11.8 Å². The van der Waals surface area contributed by atoms with E-state index in [2.05, 4.69) is 25.8 Å². The van der Waals surface area contributed by atoms with Crippen molar-refractivity contribution in [2.24, 2.45) is 4.99 Å². The van der Waals surface area contributed by atoms with Crippen LogP contribution < -0.4 is 0 Å². The van der Waals surface area contributed by atoms with E-state index < -0.39 is 0 Å². The van der Waals surface area contributed by atoms with Crippen molar-refractivity contribution in [3.63, 3.8) is 0 Å². The number of hydrogen-bond acceptors (Lipinski definition) is 2. The summed E-state index contributed by atoms with van der Waals surface area (Å²) >= 11 is 2.04. The minimum atomic E-state index is 0.575. The summed E-state index contributed by atoms with van der Waals surface area (Å²) in [6.07, 6.45) is 9.66. The third-order valence-corrected chi connectivity index (χ3v) is 4.51. The Morgan fingerprint density at radius 2 is 1.80 bits per heavy atom. The number of nitrogens with zero attached hydrogens (tertiary/aromatic N) is 1. The molecule has 1 nitrogen and oxygen atoms in total. The van der Waals surface area contributed by atoms with Crippen molar-refractivity contribution < 1.29 is 0 Å². The Bertz CT molecular complexity index is 201. The number of aliphatic imine (C=N–C) groups is 1. The molecule has 0 fully saturated rings. The van der Waals surface area contributed by atoms with Gasteiger partial charge in [0.2, 0.25) is 0 Å². The van der Waals surface area contributed by atoms with E-state index >= 15 is 0 Å². The average molecular weight is 227 g/mol. The van der Waals surface area contributed by atoms with Gasteiger partial charge in [-0.25, -0.2) is 0 Å². The fourth-order valence-electron chi connectivity index (χ4n) is 1.93. The zero-order chi connectivity index (χ0) is 11.1. The minimum absolute atomic E-state index is 0.575. The van der Waals surface area contributed by atoms with Gasteiger partial charge < -0.3 is 0 Å². The number of unbranched alkanes of at least 4 members (excludes halogenated alkanes) is 5. The molecule has 2 atom stereocenters. The molecule has 0 aromatic heterocycles. The summed E-state index contributed by atoms with van der Waals surface area (Å²) in [6.45, 7) is 6.71. The van der Waals surface area contributed by atoms with Crippen LogP contribution in [0.2, 0.25) is 0 Å². The first-order valence-electron chi connectivity index (χ1n) is 6.43. The number of hydrogen-bond donors (Lipinski definition) is 0. The molecule has 2 heteroatoms. The first-order chi connectivity index (χ1) is 7.24. The molecular weight excluding hydrogens is 202 g/mol. The second kappa shape index (κ2) is 7.32. The van der Waals surface area contributed by atoms with Gasteiger partial charge in [0.25, 0.3) is 0 Å². The van der Waals surface area contributed by atoms with Crippen LogP contribution in [0.1, 0.15) is 65.7 Å². The Hall–Kier alpha value is 0.0200. The van der Waals surface area contributed by atoms with Gasteiger partial charge in [-0.1, -0.05) is 45.4 Å². The molecule has 0 radical (unpaired) electrons. The van der Waals surface area contributed by atoms with Crippen LogP contribution in [0.3, 0.4) is 0 Å². The highest BCUT2D eigenvalue weighted by molar-refractivity contribution is 8.01. The van der Waals surface area contributed by atoms with Crippen molar-refractivity contribution in [1.82, 2.24) is 0 Å². The molecule has 0 saturated carbocycles. The van der Waals surface area contributed by atoms with Crippen LogP contribution >= 0.6 is 11.8 Å². The molecule has 0 aliphatic carbocycles. The summed E-state index contributed by atoms with van der Waals surface area (Å²) in [5, 5.41) is 1.24. The summed E-state index contributed by atoms with van der Waals surface area (Å²) in [5.74, 6) is 0. The summed E-state index contributed by atoms with van der Waals surface area (Å²) in [4.78, 5) is 4.68. The Balaban J connectivity index is 1.97. The van der Waals surface area contributed by atoms with Gasteiger partial charge >= 0.3 is 0 Å². The molecule has 1 aliphatic heterocycles. The second-order valence-corrected chi connectivity index (χ2v) is 6.08. The highest BCUT2D eigenvalue weighted by Gasteiger charge is 2.21. The molecule has 1 heterocycles. The van der Waals surface area contributed by atoms with Gasteiger partial charge in [-0.2, -0.15) is 0 Å². The van der Waals surface area contributed by atoms with Crippen LogP contribution in [0, 0.1) is 0 Å². The van der Waals surface area contributed by atoms with Crippen LogP contribution in [0.4, 0.5) is 0 Å². The molecule has 1 aliphatic rings. The summed E-state index contributed by atoms with van der Waals surface area (Å²) < 4.78 is 0. The lowest BCUT2D eigenvalue weighted by atomic mass is 10.1. The van der Waals surface area contributed by atoms with Crippen molar-refractivity contribution in [1.29, 1.82) is 0 Å². The zero-order valence-corrected chi connectivity index (χ0v) is 11.3. The van der Waals surface area contributed by atoms with Gasteiger partial charge in [0.05, 0.1) is 5.37 Å². The Morgan fingerprint density at radius 1 is 1.13 bits per heavy atom. The molecule has 0 bridgehead atoms. The minimum Gasteiger partial charge on any atom is -0.279 e. The van der Waals surface area contributed by atoms with Crippen molar-refractivity contribution in [3.8, 4) is 0 Å². The van der Waals surface area contributed by atoms with Gasteiger partial charge in [-0.05, 0) is 20.3 Å². The van der Waals surface area contributed by atoms with E-state index in [0.29, 0.717) is 10.6 Å². The summed E-state index contributed by atoms with van der Waals surface area (Å²) in [6, 6.07) is 0. The largest absolute Gasteiger partial charge is 0.279 e. The Morgan fingerprint density at radius 3 is 2.40 bits per heavy atom. The maximum atomic E-state index is 4.68. The Labute approximate surface area is 99.1 Å². The van der Waals surface area contributed by atoms with E-state index in [4.69, 9.17) is 0 Å². The molecule has 88 valence electrons. The average Bonchev–Trinajstić information content (AvgIpc) is 2.52. The first-order valence-corrected chi connectivity index (χ1v) is 7.38. The second-order valence-electron chi connectivity index (χ2n) is 4.56. The highest BCUT2D eigenvalue weighted by atomic mass is 32.2. The highest BCUT2D eigenvalue weighted by Crippen LogP contribution is 2.30. The Kier molecular flexibility index (Phi) is 6.39. The van der Waals surface area contributed by atoms with E-state index in [1.807, 2.05) is 11.8 Å². The monoisotopic (exact) mass is 227 g/mol. The maximum absolute atomic E-state index is 4.68. The maximum Gasteiger partial charge on any atom is 0.0957 e. The van der Waals surface area contributed by atoms with Crippen LogP contribution in [0.5, 0.6) is 0 Å². The van der Waals surface area contributed by atoms with E-state index in [9.17, 15) is 0 Å². The van der Waals surface area contributed by atoms with Crippen LogP contribution in [0.25, 0.3) is 0 Å². The molecule has 1 rings (SSSR count). The van der Waals surface area contributed by atoms with Gasteiger partial charge in [-0.3, -0.25) is 4.99 Å². The predicted molar refractivity (Wildman–Crippen MR) is 71.9 cm³/mol. The summed E-state index contributed by atoms with van der Waals surface area (Å²) in [7, 11) is 0. The third-order valence-electron chi connectivity index (χ3n) is 3.10. The van der Waals surface area contributed by atoms with E-state index in [1.54, 1.807) is 0 Å². The molecule has 0 saturated heterocycles. The number of thioether (sulfide) groups is 1. The third kappa shape index (κ3) is 5.05. The lowest BCUT2D eigenvalue weighted by molar-refractivity contribution is 0.586. The van der Waals surface area contributed by atoms with Crippen molar-refractivity contribution in [3.05, 3.63) is 0 Å². The number of rotatable bonds is 7. The van der Waals surface area contributed by atoms with Gasteiger partial charge in [0.15, 0.2) is 0 Å². The lowest BCUT2D eigenvalue weighted by Gasteiger charge is -2.07.